The average Bonchev–Trinajstić information content (AvgIpc) is 2.76. The first-order chi connectivity index (χ1) is 10.8. The van der Waals surface area contributed by atoms with Gasteiger partial charge in [-0.1, -0.05) is 18.2 Å². The Balaban J connectivity index is 1.81. The topological polar surface area (TPSA) is 55.1 Å². The van der Waals surface area contributed by atoms with Crippen LogP contribution in [0.15, 0.2) is 42.6 Å². The summed E-state index contributed by atoms with van der Waals surface area (Å²) < 4.78 is 12.0. The molecule has 116 valence electrons. The molecule has 1 aliphatic heterocycles. The van der Waals surface area contributed by atoms with Crippen LogP contribution in [-0.4, -0.2) is 23.3 Å². The van der Waals surface area contributed by atoms with Crippen molar-refractivity contribution in [2.45, 2.75) is 38.9 Å². The molecule has 0 bridgehead atoms. The summed E-state index contributed by atoms with van der Waals surface area (Å²) in [6.45, 7) is 8.10. The molecule has 0 amide bonds. The normalized spacial score (nSPS) is 18.7. The van der Waals surface area contributed by atoms with Gasteiger partial charge in [0.25, 0.3) is 0 Å². The van der Waals surface area contributed by atoms with Gasteiger partial charge >= 0.3 is 7.12 Å². The Hall–Kier alpha value is -2.16. The quantitative estimate of drug-likeness (QED) is 0.801. The number of benzene rings is 1. The third kappa shape index (κ3) is 2.88. The van der Waals surface area contributed by atoms with Gasteiger partial charge in [0.1, 0.15) is 0 Å². The monoisotopic (exact) mass is 306 g/mol. The van der Waals surface area contributed by atoms with Crippen LogP contribution >= 0.6 is 0 Å². The minimum Gasteiger partial charge on any atom is -0.398 e. The van der Waals surface area contributed by atoms with Crippen LogP contribution < -0.4 is 5.59 Å². The van der Waals surface area contributed by atoms with Crippen LogP contribution in [0.3, 0.4) is 0 Å². The van der Waals surface area contributed by atoms with Crippen molar-refractivity contribution in [1.29, 1.82) is 5.26 Å². The number of pyridine rings is 1. The lowest BCUT2D eigenvalue weighted by atomic mass is 9.84. The minimum atomic E-state index is -0.449. The SMILES string of the molecule is CC1(C)OB(c2ccc(-c3ccc(C#N)cc3)cn2)OC1(C)C. The van der Waals surface area contributed by atoms with Gasteiger partial charge in [0.15, 0.2) is 0 Å². The van der Waals surface area contributed by atoms with Crippen LogP contribution in [0.1, 0.15) is 33.3 Å². The van der Waals surface area contributed by atoms with Gasteiger partial charge in [-0.25, -0.2) is 0 Å². The second kappa shape index (κ2) is 5.49. The lowest BCUT2D eigenvalue weighted by Gasteiger charge is -2.32. The molecule has 3 rings (SSSR count). The summed E-state index contributed by atoms with van der Waals surface area (Å²) in [6, 6.07) is 13.5. The summed E-state index contributed by atoms with van der Waals surface area (Å²) in [6.07, 6.45) is 1.81. The molecule has 0 saturated carbocycles. The van der Waals surface area contributed by atoms with Crippen molar-refractivity contribution in [3.05, 3.63) is 48.2 Å². The molecular formula is C18H19BN2O2. The summed E-state index contributed by atoms with van der Waals surface area (Å²) in [5, 5.41) is 8.85. The van der Waals surface area contributed by atoms with Crippen LogP contribution in [-0.2, 0) is 9.31 Å². The first-order valence-corrected chi connectivity index (χ1v) is 7.64. The molecule has 1 aromatic heterocycles. The second-order valence-corrected chi connectivity index (χ2v) is 6.75. The Kier molecular flexibility index (Phi) is 3.75. The number of hydrogen-bond donors (Lipinski definition) is 0. The molecule has 4 nitrogen and oxygen atoms in total. The van der Waals surface area contributed by atoms with Crippen molar-refractivity contribution >= 4 is 12.7 Å². The molecule has 0 aliphatic carbocycles. The number of hydrogen-bond acceptors (Lipinski definition) is 4. The molecule has 0 N–H and O–H groups in total. The van der Waals surface area contributed by atoms with Gasteiger partial charge < -0.3 is 9.31 Å². The van der Waals surface area contributed by atoms with Crippen LogP contribution in [0.25, 0.3) is 11.1 Å². The molecule has 2 aromatic rings. The molecule has 1 aliphatic rings. The predicted octanol–water partition coefficient (Wildman–Crippen LogP) is 2.92. The van der Waals surface area contributed by atoms with Gasteiger partial charge in [0.2, 0.25) is 0 Å². The minimum absolute atomic E-state index is 0.370. The molecule has 1 aromatic carbocycles. The highest BCUT2D eigenvalue weighted by Gasteiger charge is 2.52. The highest BCUT2D eigenvalue weighted by molar-refractivity contribution is 6.61. The zero-order chi connectivity index (χ0) is 16.7. The highest BCUT2D eigenvalue weighted by atomic mass is 16.7. The molecule has 1 saturated heterocycles. The van der Waals surface area contributed by atoms with E-state index in [1.165, 1.54) is 0 Å². The lowest BCUT2D eigenvalue weighted by Crippen LogP contribution is -2.41. The molecule has 5 heteroatoms. The van der Waals surface area contributed by atoms with Crippen molar-refractivity contribution < 1.29 is 9.31 Å². The first kappa shape index (κ1) is 15.7. The van der Waals surface area contributed by atoms with Gasteiger partial charge in [-0.05, 0) is 57.0 Å². The van der Waals surface area contributed by atoms with Crippen molar-refractivity contribution in [3.63, 3.8) is 0 Å². The van der Waals surface area contributed by atoms with Crippen LogP contribution in [0.4, 0.5) is 0 Å². The summed E-state index contributed by atoms with van der Waals surface area (Å²) in [4.78, 5) is 4.50. The van der Waals surface area contributed by atoms with E-state index in [1.54, 1.807) is 12.1 Å². The fourth-order valence-corrected chi connectivity index (χ4v) is 2.42. The second-order valence-electron chi connectivity index (χ2n) is 6.75. The van der Waals surface area contributed by atoms with Gasteiger partial charge in [0, 0.05) is 6.20 Å². The van der Waals surface area contributed by atoms with E-state index in [-0.39, 0.29) is 11.2 Å². The van der Waals surface area contributed by atoms with E-state index in [1.807, 2.05) is 58.2 Å². The Morgan fingerprint density at radius 1 is 0.913 bits per heavy atom. The fraction of sp³-hybridized carbons (Fsp3) is 0.333. The summed E-state index contributed by atoms with van der Waals surface area (Å²) >= 11 is 0. The standard InChI is InChI=1S/C18H19BN2O2/c1-17(2)18(3,4)23-19(22-17)16-10-9-15(12-21-16)14-7-5-13(11-20)6-8-14/h5-10,12H,1-4H3. The zero-order valence-electron chi connectivity index (χ0n) is 13.8. The largest absolute Gasteiger partial charge is 0.514 e. The van der Waals surface area contributed by atoms with E-state index in [2.05, 4.69) is 11.1 Å². The Bertz CT molecular complexity index is 730. The van der Waals surface area contributed by atoms with Crippen LogP contribution in [0.5, 0.6) is 0 Å². The molecule has 0 atom stereocenters. The summed E-state index contributed by atoms with van der Waals surface area (Å²) in [5.41, 5.74) is 2.69. The van der Waals surface area contributed by atoms with Crippen molar-refractivity contribution in [2.24, 2.45) is 0 Å². The molecule has 0 radical (unpaired) electrons. The predicted molar refractivity (Wildman–Crippen MR) is 90.1 cm³/mol. The number of nitrogens with zero attached hydrogens (tertiary/aromatic N) is 2. The Morgan fingerprint density at radius 2 is 1.48 bits per heavy atom. The zero-order valence-corrected chi connectivity index (χ0v) is 13.8. The average molecular weight is 306 g/mol. The maximum atomic E-state index is 8.85. The highest BCUT2D eigenvalue weighted by Crippen LogP contribution is 2.36. The number of nitriles is 1. The maximum Gasteiger partial charge on any atom is 0.514 e. The third-order valence-electron chi connectivity index (χ3n) is 4.63. The number of rotatable bonds is 2. The van der Waals surface area contributed by atoms with Crippen LogP contribution in [0.2, 0.25) is 0 Å². The van der Waals surface area contributed by atoms with E-state index in [9.17, 15) is 0 Å². The molecule has 23 heavy (non-hydrogen) atoms. The first-order valence-electron chi connectivity index (χ1n) is 7.64. The number of aromatic nitrogens is 1. The van der Waals surface area contributed by atoms with Gasteiger partial charge in [-0.3, -0.25) is 4.98 Å². The summed E-state index contributed by atoms with van der Waals surface area (Å²) in [7, 11) is -0.449. The van der Waals surface area contributed by atoms with Gasteiger partial charge in [0.05, 0.1) is 28.4 Å². The van der Waals surface area contributed by atoms with Crippen molar-refractivity contribution in [3.8, 4) is 17.2 Å². The van der Waals surface area contributed by atoms with E-state index in [4.69, 9.17) is 14.6 Å². The molecule has 0 spiro atoms. The van der Waals surface area contributed by atoms with Crippen molar-refractivity contribution in [2.75, 3.05) is 0 Å². The van der Waals surface area contributed by atoms with E-state index in [0.717, 1.165) is 16.7 Å². The summed E-state index contributed by atoms with van der Waals surface area (Å²) in [5.74, 6) is 0. The maximum absolute atomic E-state index is 8.85. The van der Waals surface area contributed by atoms with Gasteiger partial charge in [-0.15, -0.1) is 0 Å². The Morgan fingerprint density at radius 3 is 1.96 bits per heavy atom. The van der Waals surface area contributed by atoms with E-state index in [0.29, 0.717) is 5.56 Å². The van der Waals surface area contributed by atoms with Gasteiger partial charge in [-0.2, -0.15) is 5.26 Å². The molecule has 1 fully saturated rings. The fourth-order valence-electron chi connectivity index (χ4n) is 2.42. The van der Waals surface area contributed by atoms with Crippen molar-refractivity contribution in [1.82, 2.24) is 4.98 Å². The molecule has 2 heterocycles. The Labute approximate surface area is 137 Å². The molecular weight excluding hydrogens is 287 g/mol. The lowest BCUT2D eigenvalue weighted by molar-refractivity contribution is 0.00578. The van der Waals surface area contributed by atoms with E-state index < -0.39 is 7.12 Å². The van der Waals surface area contributed by atoms with E-state index >= 15 is 0 Å². The smallest absolute Gasteiger partial charge is 0.398 e. The molecule has 0 unspecified atom stereocenters. The van der Waals surface area contributed by atoms with Crippen LogP contribution in [0, 0.1) is 11.3 Å². The third-order valence-corrected chi connectivity index (χ3v) is 4.63.